The van der Waals surface area contributed by atoms with Gasteiger partial charge in [0.25, 0.3) is 5.91 Å². The smallest absolute Gasteiger partial charge is 0.431 e. The highest BCUT2D eigenvalue weighted by Gasteiger charge is 2.31. The highest BCUT2D eigenvalue weighted by atomic mass is 16.6. The third kappa shape index (κ3) is 3.46. The van der Waals surface area contributed by atoms with Crippen molar-refractivity contribution in [3.63, 3.8) is 0 Å². The fraction of sp³-hybridized carbons (Fsp3) is 0.800. The predicted molar refractivity (Wildman–Crippen MR) is 58.3 cm³/mol. The predicted octanol–water partition coefficient (Wildman–Crippen LogP) is 0.376. The van der Waals surface area contributed by atoms with E-state index in [1.165, 1.54) is 0 Å². The van der Waals surface area contributed by atoms with Crippen LogP contribution in [0.1, 0.15) is 33.6 Å². The van der Waals surface area contributed by atoms with Gasteiger partial charge in [0.1, 0.15) is 5.60 Å². The van der Waals surface area contributed by atoms with Crippen molar-refractivity contribution in [1.29, 1.82) is 0 Å². The Hall–Kier alpha value is -1.14. The normalized spacial score (nSPS) is 20.6. The SMILES string of the molecule is CC(C)(C)OC(=O)N(N)C(=O)C1CCCN1. The fourth-order valence-electron chi connectivity index (χ4n) is 1.46. The van der Waals surface area contributed by atoms with Gasteiger partial charge in [-0.3, -0.25) is 4.79 Å². The summed E-state index contributed by atoms with van der Waals surface area (Å²) in [6, 6.07) is -0.363. The number of nitrogens with two attached hydrogens (primary N) is 1. The summed E-state index contributed by atoms with van der Waals surface area (Å²) in [7, 11) is 0. The van der Waals surface area contributed by atoms with Gasteiger partial charge in [0.05, 0.1) is 6.04 Å². The Bertz CT molecular complexity index is 280. The fourth-order valence-corrected chi connectivity index (χ4v) is 1.46. The maximum Gasteiger partial charge on any atom is 0.431 e. The maximum absolute atomic E-state index is 11.7. The van der Waals surface area contributed by atoms with Crippen LogP contribution in [0.15, 0.2) is 0 Å². The van der Waals surface area contributed by atoms with Crippen LogP contribution >= 0.6 is 0 Å². The van der Waals surface area contributed by atoms with E-state index in [2.05, 4.69) is 5.32 Å². The number of amides is 2. The summed E-state index contributed by atoms with van der Waals surface area (Å²) in [4.78, 5) is 23.2. The van der Waals surface area contributed by atoms with Gasteiger partial charge in [-0.05, 0) is 40.2 Å². The van der Waals surface area contributed by atoms with E-state index in [9.17, 15) is 9.59 Å². The highest BCUT2D eigenvalue weighted by Crippen LogP contribution is 2.11. The lowest BCUT2D eigenvalue weighted by atomic mass is 10.2. The second-order valence-electron chi connectivity index (χ2n) is 4.84. The molecule has 1 heterocycles. The molecule has 0 aliphatic carbocycles. The van der Waals surface area contributed by atoms with E-state index in [-0.39, 0.29) is 6.04 Å². The van der Waals surface area contributed by atoms with Crippen molar-refractivity contribution in [2.45, 2.75) is 45.3 Å². The lowest BCUT2D eigenvalue weighted by Crippen LogP contribution is -2.51. The van der Waals surface area contributed by atoms with E-state index in [0.717, 1.165) is 13.0 Å². The molecule has 0 saturated carbocycles. The van der Waals surface area contributed by atoms with Crippen LogP contribution in [0.5, 0.6) is 0 Å². The van der Waals surface area contributed by atoms with Gasteiger partial charge < -0.3 is 10.1 Å². The first kappa shape index (κ1) is 12.9. The zero-order valence-electron chi connectivity index (χ0n) is 9.95. The molecule has 16 heavy (non-hydrogen) atoms. The second-order valence-corrected chi connectivity index (χ2v) is 4.84. The monoisotopic (exact) mass is 229 g/mol. The van der Waals surface area contributed by atoms with Crippen LogP contribution < -0.4 is 11.2 Å². The number of ether oxygens (including phenoxy) is 1. The molecule has 1 saturated heterocycles. The molecule has 1 unspecified atom stereocenters. The van der Waals surface area contributed by atoms with Crippen LogP contribution in [0.2, 0.25) is 0 Å². The number of imide groups is 1. The van der Waals surface area contributed by atoms with E-state index in [0.29, 0.717) is 11.4 Å². The molecule has 92 valence electrons. The Morgan fingerprint density at radius 1 is 1.44 bits per heavy atom. The standard InChI is InChI=1S/C10H19N3O3/c1-10(2,3)16-9(15)13(11)8(14)7-5-4-6-12-7/h7,12H,4-6,11H2,1-3H3. The molecule has 3 N–H and O–H groups in total. The first-order valence-electron chi connectivity index (χ1n) is 5.36. The van der Waals surface area contributed by atoms with Gasteiger partial charge in [-0.2, -0.15) is 5.01 Å². The summed E-state index contributed by atoms with van der Waals surface area (Å²) in [5.41, 5.74) is -0.655. The van der Waals surface area contributed by atoms with Gasteiger partial charge in [-0.1, -0.05) is 0 Å². The maximum atomic E-state index is 11.7. The van der Waals surface area contributed by atoms with Crippen LogP contribution in [-0.2, 0) is 9.53 Å². The first-order chi connectivity index (χ1) is 7.31. The van der Waals surface area contributed by atoms with Crippen LogP contribution in [0.3, 0.4) is 0 Å². The minimum Gasteiger partial charge on any atom is -0.442 e. The zero-order valence-corrected chi connectivity index (χ0v) is 9.95. The molecular weight excluding hydrogens is 210 g/mol. The molecule has 0 aromatic carbocycles. The highest BCUT2D eigenvalue weighted by molar-refractivity contribution is 5.94. The van der Waals surface area contributed by atoms with Crippen molar-refractivity contribution in [3.05, 3.63) is 0 Å². The number of hydrogen-bond acceptors (Lipinski definition) is 5. The molecule has 1 rings (SSSR count). The Morgan fingerprint density at radius 2 is 2.06 bits per heavy atom. The molecule has 1 fully saturated rings. The summed E-state index contributed by atoms with van der Waals surface area (Å²) in [5.74, 6) is 4.98. The van der Waals surface area contributed by atoms with Crippen molar-refractivity contribution < 1.29 is 14.3 Å². The minimum atomic E-state index is -0.814. The number of carbonyl (C=O) groups is 2. The summed E-state index contributed by atoms with van der Waals surface area (Å²) < 4.78 is 4.99. The molecule has 1 aliphatic heterocycles. The number of carbonyl (C=O) groups excluding carboxylic acids is 2. The third-order valence-electron chi connectivity index (χ3n) is 2.19. The molecule has 1 atom stereocenters. The van der Waals surface area contributed by atoms with Crippen molar-refractivity contribution in [1.82, 2.24) is 10.3 Å². The van der Waals surface area contributed by atoms with E-state index >= 15 is 0 Å². The van der Waals surface area contributed by atoms with E-state index in [4.69, 9.17) is 10.6 Å². The van der Waals surface area contributed by atoms with Gasteiger partial charge in [0.15, 0.2) is 0 Å². The molecule has 6 heteroatoms. The van der Waals surface area contributed by atoms with E-state index < -0.39 is 17.6 Å². The van der Waals surface area contributed by atoms with Crippen molar-refractivity contribution in [2.24, 2.45) is 5.84 Å². The third-order valence-corrected chi connectivity index (χ3v) is 2.19. The van der Waals surface area contributed by atoms with Crippen molar-refractivity contribution in [3.8, 4) is 0 Å². The number of hydrazine groups is 1. The number of nitrogens with zero attached hydrogens (tertiary/aromatic N) is 1. The van der Waals surface area contributed by atoms with E-state index in [1.54, 1.807) is 20.8 Å². The number of nitrogens with one attached hydrogen (secondary N) is 1. The van der Waals surface area contributed by atoms with Crippen LogP contribution in [0.25, 0.3) is 0 Å². The van der Waals surface area contributed by atoms with Gasteiger partial charge >= 0.3 is 6.09 Å². The van der Waals surface area contributed by atoms with Crippen molar-refractivity contribution >= 4 is 12.0 Å². The van der Waals surface area contributed by atoms with Crippen LogP contribution in [-0.4, -0.2) is 35.2 Å². The summed E-state index contributed by atoms with van der Waals surface area (Å²) >= 11 is 0. The molecule has 6 nitrogen and oxygen atoms in total. The Balaban J connectivity index is 2.52. The van der Waals surface area contributed by atoms with Gasteiger partial charge in [0.2, 0.25) is 0 Å². The van der Waals surface area contributed by atoms with Gasteiger partial charge in [-0.15, -0.1) is 0 Å². The van der Waals surface area contributed by atoms with Crippen LogP contribution in [0.4, 0.5) is 4.79 Å². The van der Waals surface area contributed by atoms with E-state index in [1.807, 2.05) is 0 Å². The lowest BCUT2D eigenvalue weighted by molar-refractivity contribution is -0.132. The van der Waals surface area contributed by atoms with Crippen molar-refractivity contribution in [2.75, 3.05) is 6.54 Å². The molecule has 0 bridgehead atoms. The Kier molecular flexibility index (Phi) is 3.88. The largest absolute Gasteiger partial charge is 0.442 e. The number of hydrogen-bond donors (Lipinski definition) is 2. The second kappa shape index (κ2) is 4.80. The Labute approximate surface area is 95.1 Å². The Morgan fingerprint density at radius 3 is 2.50 bits per heavy atom. The molecule has 0 radical (unpaired) electrons. The summed E-state index contributed by atoms with van der Waals surface area (Å²) in [5, 5.41) is 3.53. The zero-order chi connectivity index (χ0) is 12.3. The average molecular weight is 229 g/mol. The summed E-state index contributed by atoms with van der Waals surface area (Å²) in [6.07, 6.45) is 0.805. The molecule has 2 amide bonds. The lowest BCUT2D eigenvalue weighted by Gasteiger charge is -2.24. The molecule has 0 spiro atoms. The molecule has 1 aliphatic rings. The average Bonchev–Trinajstić information content (AvgIpc) is 2.65. The summed E-state index contributed by atoms with van der Waals surface area (Å²) in [6.45, 7) is 5.93. The van der Waals surface area contributed by atoms with Gasteiger partial charge in [-0.25, -0.2) is 10.6 Å². The van der Waals surface area contributed by atoms with Gasteiger partial charge in [0, 0.05) is 0 Å². The number of rotatable bonds is 1. The molecule has 0 aromatic rings. The quantitative estimate of drug-likeness (QED) is 0.385. The molecule has 0 aromatic heterocycles. The molecular formula is C10H19N3O3. The first-order valence-corrected chi connectivity index (χ1v) is 5.36. The topological polar surface area (TPSA) is 84.7 Å². The minimum absolute atomic E-state index is 0.363. The van der Waals surface area contributed by atoms with Crippen LogP contribution in [0, 0.1) is 0 Å².